The first-order valence-electron chi connectivity index (χ1n) is 6.72. The maximum atomic E-state index is 5.79. The van der Waals surface area contributed by atoms with Crippen LogP contribution in [-0.4, -0.2) is 38.5 Å². The van der Waals surface area contributed by atoms with Gasteiger partial charge in [-0.25, -0.2) is 0 Å². The Morgan fingerprint density at radius 1 is 1.06 bits per heavy atom. The van der Waals surface area contributed by atoms with E-state index >= 15 is 0 Å². The van der Waals surface area contributed by atoms with Crippen LogP contribution in [0.1, 0.15) is 47.0 Å². The molecule has 0 amide bonds. The normalized spacial score (nSPS) is 15.0. The smallest absolute Gasteiger partial charge is 0.0750 e. The van der Waals surface area contributed by atoms with E-state index in [4.69, 9.17) is 9.47 Å². The average Bonchev–Trinajstić information content (AvgIpc) is 2.28. The first-order chi connectivity index (χ1) is 7.79. The minimum absolute atomic E-state index is 0.284. The Morgan fingerprint density at radius 2 is 1.81 bits per heavy atom. The number of nitrogens with one attached hydrogen (secondary N) is 1. The van der Waals surface area contributed by atoms with Crippen molar-refractivity contribution in [1.82, 2.24) is 5.32 Å². The first kappa shape index (κ1) is 15.9. The van der Waals surface area contributed by atoms with Gasteiger partial charge in [-0.05, 0) is 26.3 Å². The highest BCUT2D eigenvalue weighted by Crippen LogP contribution is 2.08. The van der Waals surface area contributed by atoms with Crippen molar-refractivity contribution in [2.75, 3.05) is 26.4 Å². The van der Waals surface area contributed by atoms with Crippen LogP contribution in [0.5, 0.6) is 0 Å². The standard InChI is InChI=1S/C13H29NO2/c1-5-9-13(16-8-4)12(14-7-3)11-15-10-6-2/h12-14H,5-11H2,1-4H3. The molecule has 0 aliphatic carbocycles. The zero-order chi connectivity index (χ0) is 12.2. The van der Waals surface area contributed by atoms with E-state index in [0.29, 0.717) is 6.04 Å². The lowest BCUT2D eigenvalue weighted by atomic mass is 10.1. The highest BCUT2D eigenvalue weighted by Gasteiger charge is 2.20. The molecule has 0 aromatic heterocycles. The third-order valence-corrected chi connectivity index (χ3v) is 2.51. The SMILES string of the molecule is CCCOCC(NCC)C(CCC)OCC. The van der Waals surface area contributed by atoms with E-state index < -0.39 is 0 Å². The van der Waals surface area contributed by atoms with Crippen molar-refractivity contribution in [3.05, 3.63) is 0 Å². The average molecular weight is 231 g/mol. The predicted octanol–water partition coefficient (Wildman–Crippen LogP) is 2.60. The zero-order valence-corrected chi connectivity index (χ0v) is 11.4. The van der Waals surface area contributed by atoms with Crippen LogP contribution in [0, 0.1) is 0 Å². The molecule has 0 fully saturated rings. The van der Waals surface area contributed by atoms with E-state index in [1.165, 1.54) is 0 Å². The molecule has 0 aliphatic rings. The highest BCUT2D eigenvalue weighted by atomic mass is 16.5. The molecule has 0 aromatic carbocycles. The molecule has 0 radical (unpaired) electrons. The van der Waals surface area contributed by atoms with Crippen molar-refractivity contribution in [2.45, 2.75) is 59.1 Å². The molecule has 0 saturated carbocycles. The summed E-state index contributed by atoms with van der Waals surface area (Å²) in [5.74, 6) is 0. The molecular formula is C13H29NO2. The second-order valence-corrected chi connectivity index (χ2v) is 4.02. The lowest BCUT2D eigenvalue weighted by molar-refractivity contribution is -0.00365. The maximum absolute atomic E-state index is 5.79. The summed E-state index contributed by atoms with van der Waals surface area (Å²) in [4.78, 5) is 0. The van der Waals surface area contributed by atoms with E-state index in [2.05, 4.69) is 33.0 Å². The summed E-state index contributed by atoms with van der Waals surface area (Å²) in [5, 5.41) is 3.46. The Balaban J connectivity index is 4.08. The van der Waals surface area contributed by atoms with E-state index in [0.717, 1.165) is 45.6 Å². The molecule has 0 bridgehead atoms. The molecule has 3 heteroatoms. The van der Waals surface area contributed by atoms with E-state index in [1.54, 1.807) is 0 Å². The van der Waals surface area contributed by atoms with Crippen LogP contribution in [0.4, 0.5) is 0 Å². The fourth-order valence-electron chi connectivity index (χ4n) is 1.81. The summed E-state index contributed by atoms with van der Waals surface area (Å²) in [6.45, 7) is 11.9. The van der Waals surface area contributed by atoms with Gasteiger partial charge in [0.25, 0.3) is 0 Å². The third-order valence-electron chi connectivity index (χ3n) is 2.51. The van der Waals surface area contributed by atoms with Gasteiger partial charge < -0.3 is 14.8 Å². The monoisotopic (exact) mass is 231 g/mol. The lowest BCUT2D eigenvalue weighted by Gasteiger charge is -2.27. The summed E-state index contributed by atoms with van der Waals surface area (Å²) < 4.78 is 11.4. The van der Waals surface area contributed by atoms with Crippen molar-refractivity contribution in [2.24, 2.45) is 0 Å². The van der Waals surface area contributed by atoms with Crippen molar-refractivity contribution in [3.63, 3.8) is 0 Å². The number of rotatable bonds is 11. The molecule has 2 unspecified atom stereocenters. The Bertz CT molecular complexity index is 136. The summed E-state index contributed by atoms with van der Waals surface area (Å²) in [5.41, 5.74) is 0. The van der Waals surface area contributed by atoms with Crippen LogP contribution < -0.4 is 5.32 Å². The van der Waals surface area contributed by atoms with Crippen LogP contribution in [0.3, 0.4) is 0 Å². The van der Waals surface area contributed by atoms with Crippen LogP contribution in [0.25, 0.3) is 0 Å². The van der Waals surface area contributed by atoms with Gasteiger partial charge in [0.15, 0.2) is 0 Å². The zero-order valence-electron chi connectivity index (χ0n) is 11.4. The topological polar surface area (TPSA) is 30.5 Å². The van der Waals surface area contributed by atoms with Gasteiger partial charge in [0.05, 0.1) is 18.8 Å². The van der Waals surface area contributed by atoms with Gasteiger partial charge in [0, 0.05) is 13.2 Å². The molecular weight excluding hydrogens is 202 g/mol. The fourth-order valence-corrected chi connectivity index (χ4v) is 1.81. The Morgan fingerprint density at radius 3 is 2.31 bits per heavy atom. The molecule has 2 atom stereocenters. The van der Waals surface area contributed by atoms with Gasteiger partial charge in [0.2, 0.25) is 0 Å². The van der Waals surface area contributed by atoms with Crippen LogP contribution in [0.15, 0.2) is 0 Å². The summed E-state index contributed by atoms with van der Waals surface area (Å²) in [7, 11) is 0. The molecule has 0 heterocycles. The van der Waals surface area contributed by atoms with Gasteiger partial charge >= 0.3 is 0 Å². The Kier molecular flexibility index (Phi) is 11.3. The highest BCUT2D eigenvalue weighted by molar-refractivity contribution is 4.76. The quantitative estimate of drug-likeness (QED) is 0.554. The maximum Gasteiger partial charge on any atom is 0.0750 e. The van der Waals surface area contributed by atoms with Gasteiger partial charge in [-0.3, -0.25) is 0 Å². The van der Waals surface area contributed by atoms with Crippen molar-refractivity contribution in [1.29, 1.82) is 0 Å². The summed E-state index contributed by atoms with van der Waals surface area (Å²) >= 11 is 0. The molecule has 0 spiro atoms. The van der Waals surface area contributed by atoms with E-state index in [9.17, 15) is 0 Å². The number of likely N-dealkylation sites (N-methyl/N-ethyl adjacent to an activating group) is 1. The molecule has 0 aliphatic heterocycles. The fraction of sp³-hybridized carbons (Fsp3) is 1.00. The minimum Gasteiger partial charge on any atom is -0.380 e. The molecule has 3 nitrogen and oxygen atoms in total. The molecule has 0 saturated heterocycles. The molecule has 98 valence electrons. The second-order valence-electron chi connectivity index (χ2n) is 4.02. The van der Waals surface area contributed by atoms with Gasteiger partial charge in [-0.2, -0.15) is 0 Å². The third kappa shape index (κ3) is 7.20. The molecule has 1 N–H and O–H groups in total. The van der Waals surface area contributed by atoms with E-state index in [-0.39, 0.29) is 6.10 Å². The number of ether oxygens (including phenoxy) is 2. The van der Waals surface area contributed by atoms with Crippen LogP contribution in [-0.2, 0) is 9.47 Å². The van der Waals surface area contributed by atoms with Crippen molar-refractivity contribution in [3.8, 4) is 0 Å². The predicted molar refractivity (Wildman–Crippen MR) is 68.9 cm³/mol. The molecule has 16 heavy (non-hydrogen) atoms. The number of hydrogen-bond donors (Lipinski definition) is 1. The Labute approximate surface area is 101 Å². The van der Waals surface area contributed by atoms with Gasteiger partial charge in [0.1, 0.15) is 0 Å². The summed E-state index contributed by atoms with van der Waals surface area (Å²) in [6, 6.07) is 0.330. The lowest BCUT2D eigenvalue weighted by Crippen LogP contribution is -2.44. The first-order valence-corrected chi connectivity index (χ1v) is 6.72. The number of hydrogen-bond acceptors (Lipinski definition) is 3. The van der Waals surface area contributed by atoms with E-state index in [1.807, 2.05) is 0 Å². The molecule has 0 aromatic rings. The second kappa shape index (κ2) is 11.4. The van der Waals surface area contributed by atoms with Gasteiger partial charge in [-0.1, -0.05) is 27.2 Å². The minimum atomic E-state index is 0.284. The Hall–Kier alpha value is -0.120. The van der Waals surface area contributed by atoms with Gasteiger partial charge in [-0.15, -0.1) is 0 Å². The largest absolute Gasteiger partial charge is 0.380 e. The summed E-state index contributed by atoms with van der Waals surface area (Å²) in [6.07, 6.45) is 3.61. The van der Waals surface area contributed by atoms with Crippen LogP contribution >= 0.6 is 0 Å². The van der Waals surface area contributed by atoms with Crippen LogP contribution in [0.2, 0.25) is 0 Å². The molecule has 0 rings (SSSR count). The van der Waals surface area contributed by atoms with Crippen molar-refractivity contribution >= 4 is 0 Å². The van der Waals surface area contributed by atoms with Crippen molar-refractivity contribution < 1.29 is 9.47 Å².